The molecule has 0 bridgehead atoms. The van der Waals surface area contributed by atoms with E-state index >= 15 is 0 Å². The number of Topliss-reactive ketones (excluding diaryl/α,β-unsaturated/α-hetero) is 1. The van der Waals surface area contributed by atoms with Crippen LogP contribution in [0.25, 0.3) is 0 Å². The number of hydrogen-bond acceptors (Lipinski definition) is 2. The molecule has 0 N–H and O–H groups in total. The van der Waals surface area contributed by atoms with Gasteiger partial charge in [-0.15, -0.1) is 0 Å². The van der Waals surface area contributed by atoms with E-state index in [1.807, 2.05) is 18.2 Å². The molecule has 13 heavy (non-hydrogen) atoms. The van der Waals surface area contributed by atoms with E-state index in [2.05, 4.69) is 0 Å². The van der Waals surface area contributed by atoms with Crippen LogP contribution in [0.5, 0.6) is 0 Å². The van der Waals surface area contributed by atoms with Crippen LogP contribution in [0.3, 0.4) is 0 Å². The Hall–Kier alpha value is -1.66. The van der Waals surface area contributed by atoms with Crippen LogP contribution in [0, 0.1) is 0 Å². The lowest BCUT2D eigenvalue weighted by molar-refractivity contribution is 0.102. The maximum Gasteiger partial charge on any atom is 0.200 e. The van der Waals surface area contributed by atoms with Gasteiger partial charge in [0.15, 0.2) is 5.78 Å². The molecule has 0 fully saturated rings. The lowest BCUT2D eigenvalue weighted by Gasteiger charge is -2.13. The van der Waals surface area contributed by atoms with Crippen molar-refractivity contribution in [1.29, 1.82) is 0 Å². The average molecular weight is 172 g/mol. The van der Waals surface area contributed by atoms with Gasteiger partial charge in [0.2, 0.25) is 0 Å². The van der Waals surface area contributed by atoms with E-state index in [9.17, 15) is 9.59 Å². The van der Waals surface area contributed by atoms with Crippen LogP contribution in [0.1, 0.15) is 22.3 Å². The van der Waals surface area contributed by atoms with E-state index in [1.54, 1.807) is 12.0 Å². The van der Waals surface area contributed by atoms with Gasteiger partial charge in [0.05, 0.1) is 5.57 Å². The number of aryl methyl sites for hydroxylation is 1. The van der Waals surface area contributed by atoms with E-state index < -0.39 is 0 Å². The number of carbonyl (C=O) groups excluding carboxylic acids is 2. The first-order chi connectivity index (χ1) is 6.33. The number of allylic oxidation sites excluding steroid dienone is 1. The van der Waals surface area contributed by atoms with Crippen molar-refractivity contribution in [1.82, 2.24) is 0 Å². The molecule has 1 aliphatic rings. The minimum Gasteiger partial charge on any atom is -0.288 e. The Kier molecular flexibility index (Phi) is 1.84. The van der Waals surface area contributed by atoms with Crippen LogP contribution in [-0.4, -0.2) is 11.7 Å². The molecule has 1 aromatic carbocycles. The van der Waals surface area contributed by atoms with Gasteiger partial charge in [-0.2, -0.15) is 0 Å². The van der Waals surface area contributed by atoms with Crippen LogP contribution < -0.4 is 0 Å². The Bertz CT molecular complexity index is 412. The molecule has 0 aliphatic heterocycles. The van der Waals surface area contributed by atoms with Crippen molar-refractivity contribution < 1.29 is 9.59 Å². The number of hydrogen-bond donors (Lipinski definition) is 0. The third-order valence-corrected chi connectivity index (χ3v) is 2.30. The van der Waals surface area contributed by atoms with Crippen LogP contribution >= 0.6 is 0 Å². The summed E-state index contributed by atoms with van der Waals surface area (Å²) in [5.74, 6) is 1.56. The molecule has 2 rings (SSSR count). The summed E-state index contributed by atoms with van der Waals surface area (Å²) in [6.07, 6.45) is 1.30. The first-order valence-electron chi connectivity index (χ1n) is 4.19. The van der Waals surface area contributed by atoms with Gasteiger partial charge in [0.25, 0.3) is 0 Å². The highest BCUT2D eigenvalue weighted by molar-refractivity contribution is 6.14. The lowest BCUT2D eigenvalue weighted by Crippen LogP contribution is -2.14. The van der Waals surface area contributed by atoms with Crippen molar-refractivity contribution in [3.05, 3.63) is 41.0 Å². The Labute approximate surface area is 75.9 Å². The van der Waals surface area contributed by atoms with E-state index in [0.29, 0.717) is 12.0 Å². The second-order valence-electron chi connectivity index (χ2n) is 3.07. The fourth-order valence-corrected chi connectivity index (χ4v) is 1.59. The normalized spacial score (nSPS) is 15.1. The first-order valence-corrected chi connectivity index (χ1v) is 4.19. The molecule has 0 atom stereocenters. The zero-order valence-electron chi connectivity index (χ0n) is 7.04. The minimum atomic E-state index is -0.156. The Morgan fingerprint density at radius 3 is 2.69 bits per heavy atom. The summed E-state index contributed by atoms with van der Waals surface area (Å²) in [5.41, 5.74) is 1.97. The zero-order chi connectivity index (χ0) is 9.26. The molecule has 0 spiro atoms. The maximum atomic E-state index is 11.5. The molecule has 64 valence electrons. The largest absolute Gasteiger partial charge is 0.288 e. The number of rotatable bonds is 0. The van der Waals surface area contributed by atoms with Gasteiger partial charge in [0.1, 0.15) is 5.94 Å². The van der Waals surface area contributed by atoms with Crippen LogP contribution in [0.2, 0.25) is 0 Å². The number of benzene rings is 1. The summed E-state index contributed by atoms with van der Waals surface area (Å²) in [6.45, 7) is 0. The number of fused-ring (bicyclic) bond motifs is 1. The molecular weight excluding hydrogens is 164 g/mol. The van der Waals surface area contributed by atoms with Crippen molar-refractivity contribution in [2.75, 3.05) is 0 Å². The predicted molar refractivity (Wildman–Crippen MR) is 48.3 cm³/mol. The van der Waals surface area contributed by atoms with Crippen molar-refractivity contribution in [3.8, 4) is 0 Å². The van der Waals surface area contributed by atoms with Crippen LogP contribution in [-0.2, 0) is 11.2 Å². The molecule has 2 nitrogen and oxygen atoms in total. The Balaban J connectivity index is 2.57. The second-order valence-corrected chi connectivity index (χ2v) is 3.07. The summed E-state index contributed by atoms with van der Waals surface area (Å²) >= 11 is 0. The third kappa shape index (κ3) is 1.21. The van der Waals surface area contributed by atoms with Gasteiger partial charge in [-0.25, -0.2) is 4.79 Å². The molecule has 1 aromatic rings. The summed E-state index contributed by atoms with van der Waals surface area (Å²) < 4.78 is 0. The average Bonchev–Trinajstić information content (AvgIpc) is 2.19. The summed E-state index contributed by atoms with van der Waals surface area (Å²) in [5, 5.41) is 0. The van der Waals surface area contributed by atoms with Crippen LogP contribution in [0.15, 0.2) is 29.8 Å². The lowest BCUT2D eigenvalue weighted by atomic mass is 9.88. The van der Waals surface area contributed by atoms with E-state index in [0.717, 1.165) is 12.0 Å². The summed E-state index contributed by atoms with van der Waals surface area (Å²) in [6, 6.07) is 7.40. The highest BCUT2D eigenvalue weighted by atomic mass is 16.1. The molecule has 0 amide bonds. The van der Waals surface area contributed by atoms with Crippen LogP contribution in [0.4, 0.5) is 0 Å². The molecular formula is C11H8O2. The van der Waals surface area contributed by atoms with Crippen molar-refractivity contribution in [2.24, 2.45) is 0 Å². The number of carbonyl (C=O) groups is 1. The molecule has 1 aliphatic carbocycles. The molecule has 0 heterocycles. The van der Waals surface area contributed by atoms with Gasteiger partial charge >= 0.3 is 0 Å². The third-order valence-electron chi connectivity index (χ3n) is 2.30. The highest BCUT2D eigenvalue weighted by Gasteiger charge is 2.21. The van der Waals surface area contributed by atoms with Gasteiger partial charge < -0.3 is 0 Å². The first kappa shape index (κ1) is 7.96. The Morgan fingerprint density at radius 1 is 1.15 bits per heavy atom. The summed E-state index contributed by atoms with van der Waals surface area (Å²) in [7, 11) is 0. The summed E-state index contributed by atoms with van der Waals surface area (Å²) in [4.78, 5) is 21.9. The van der Waals surface area contributed by atoms with Crippen molar-refractivity contribution in [3.63, 3.8) is 0 Å². The maximum absolute atomic E-state index is 11.5. The fourth-order valence-electron chi connectivity index (χ4n) is 1.59. The smallest absolute Gasteiger partial charge is 0.200 e. The molecule has 0 radical (unpaired) electrons. The fraction of sp³-hybridized carbons (Fsp3) is 0.182. The predicted octanol–water partition coefficient (Wildman–Crippen LogP) is 1.57. The zero-order valence-corrected chi connectivity index (χ0v) is 7.04. The van der Waals surface area contributed by atoms with Gasteiger partial charge in [-0.1, -0.05) is 24.3 Å². The monoisotopic (exact) mass is 172 g/mol. The van der Waals surface area contributed by atoms with Gasteiger partial charge in [-0.3, -0.25) is 4.79 Å². The quantitative estimate of drug-likeness (QED) is 0.439. The van der Waals surface area contributed by atoms with E-state index in [4.69, 9.17) is 0 Å². The van der Waals surface area contributed by atoms with Crippen molar-refractivity contribution in [2.45, 2.75) is 12.8 Å². The van der Waals surface area contributed by atoms with Gasteiger partial charge in [0, 0.05) is 5.56 Å². The molecule has 0 aromatic heterocycles. The standard InChI is InChI=1S/C11H8O2/c12-7-9-6-5-8-3-1-2-4-10(8)11(9)13/h1-4H,5-6H2. The molecule has 0 unspecified atom stereocenters. The van der Waals surface area contributed by atoms with Crippen molar-refractivity contribution >= 4 is 11.7 Å². The molecule has 2 heteroatoms. The number of ketones is 1. The molecule has 0 saturated heterocycles. The molecule has 0 saturated carbocycles. The topological polar surface area (TPSA) is 34.1 Å². The SMILES string of the molecule is O=C=C1CCc2ccccc2C1=O. The minimum absolute atomic E-state index is 0.156. The highest BCUT2D eigenvalue weighted by Crippen LogP contribution is 2.22. The van der Waals surface area contributed by atoms with Gasteiger partial charge in [-0.05, 0) is 18.4 Å². The second kappa shape index (κ2) is 3.00. The van der Waals surface area contributed by atoms with E-state index in [-0.39, 0.29) is 11.4 Å². The van der Waals surface area contributed by atoms with E-state index in [1.165, 1.54) is 0 Å². The Morgan fingerprint density at radius 2 is 1.92 bits per heavy atom.